The van der Waals surface area contributed by atoms with Gasteiger partial charge in [-0.2, -0.15) is 0 Å². The molecule has 2 aromatic rings. The number of hydrogen-bond donors (Lipinski definition) is 2. The van der Waals surface area contributed by atoms with Gasteiger partial charge in [0.05, 0.1) is 22.6 Å². The van der Waals surface area contributed by atoms with Crippen LogP contribution in [0, 0.1) is 6.92 Å². The molecule has 1 heterocycles. The third-order valence-corrected chi connectivity index (χ3v) is 6.09. The number of aryl methyl sites for hydroxylation is 1. The molecule has 0 bridgehead atoms. The number of carbonyl (C=O) groups is 1. The molecule has 1 saturated heterocycles. The fourth-order valence-electron chi connectivity index (χ4n) is 3.21. The molecule has 3 rings (SSSR count). The predicted molar refractivity (Wildman–Crippen MR) is 110 cm³/mol. The molecule has 0 aromatic heterocycles. The number of hydrazine groups is 1. The summed E-state index contributed by atoms with van der Waals surface area (Å²) in [7, 11) is -2.36. The van der Waals surface area contributed by atoms with Gasteiger partial charge < -0.3 is 14.2 Å². The van der Waals surface area contributed by atoms with Gasteiger partial charge in [0.15, 0.2) is 12.4 Å². The summed E-state index contributed by atoms with van der Waals surface area (Å²) in [4.78, 5) is 15.1. The van der Waals surface area contributed by atoms with E-state index in [0.717, 1.165) is 5.56 Å². The monoisotopic (exact) mass is 434 g/mol. The van der Waals surface area contributed by atoms with Crippen LogP contribution in [-0.2, 0) is 24.2 Å². The van der Waals surface area contributed by atoms with Crippen LogP contribution in [0.1, 0.15) is 29.3 Å². The maximum Gasteiger partial charge on any atom is 0.338 e. The Morgan fingerprint density at radius 2 is 1.77 bits per heavy atom. The summed E-state index contributed by atoms with van der Waals surface area (Å²) in [5, 5.41) is 0. The molecule has 9 heteroatoms. The molecule has 1 aliphatic rings. The van der Waals surface area contributed by atoms with Gasteiger partial charge in [0, 0.05) is 7.11 Å². The van der Waals surface area contributed by atoms with E-state index in [0.29, 0.717) is 12.0 Å². The Morgan fingerprint density at radius 1 is 1.10 bits per heavy atom. The van der Waals surface area contributed by atoms with Crippen LogP contribution in [0.3, 0.4) is 0 Å². The van der Waals surface area contributed by atoms with E-state index in [9.17, 15) is 13.2 Å². The van der Waals surface area contributed by atoms with Crippen LogP contribution >= 0.6 is 0 Å². The van der Waals surface area contributed by atoms with Crippen molar-refractivity contribution < 1.29 is 27.4 Å². The lowest BCUT2D eigenvalue weighted by Gasteiger charge is -2.39. The second-order valence-electron chi connectivity index (χ2n) is 7.19. The summed E-state index contributed by atoms with van der Waals surface area (Å²) in [5.41, 5.74) is 4.14. The van der Waals surface area contributed by atoms with E-state index in [1.165, 1.54) is 19.2 Å². The van der Waals surface area contributed by atoms with E-state index >= 15 is 0 Å². The molecule has 1 fully saturated rings. The standard InChI is InChI=1S/C21H26N2O6S/c1-14-9-11-17(12-10-14)30(25,26)23-22-18-13-15(2)28-21(27-3)19(18)29-20(24)16-7-5-4-6-8-16/h4-12,15,18-19,21-23H,13H2,1-3H3/t15-,18-,19+,21+/m0/s1. The first-order chi connectivity index (χ1) is 14.3. The van der Waals surface area contributed by atoms with Crippen LogP contribution in [0.2, 0.25) is 0 Å². The molecule has 4 atom stereocenters. The molecule has 0 spiro atoms. The third-order valence-electron chi connectivity index (χ3n) is 4.81. The van der Waals surface area contributed by atoms with Gasteiger partial charge in [-0.1, -0.05) is 35.9 Å². The number of benzene rings is 2. The summed E-state index contributed by atoms with van der Waals surface area (Å²) in [6.07, 6.45) is -1.53. The van der Waals surface area contributed by atoms with Crippen LogP contribution in [0.5, 0.6) is 0 Å². The van der Waals surface area contributed by atoms with Crippen LogP contribution in [0.25, 0.3) is 0 Å². The first-order valence-corrected chi connectivity index (χ1v) is 11.1. The van der Waals surface area contributed by atoms with Gasteiger partial charge >= 0.3 is 5.97 Å². The third kappa shape index (κ3) is 5.44. The molecular formula is C21H26N2O6S. The van der Waals surface area contributed by atoms with Gasteiger partial charge in [-0.05, 0) is 44.5 Å². The Kier molecular flexibility index (Phi) is 7.22. The van der Waals surface area contributed by atoms with E-state index in [1.807, 2.05) is 13.8 Å². The quantitative estimate of drug-likeness (QED) is 0.508. The molecule has 0 saturated carbocycles. The van der Waals surface area contributed by atoms with Gasteiger partial charge in [0.1, 0.15) is 0 Å². The van der Waals surface area contributed by atoms with E-state index in [1.54, 1.807) is 42.5 Å². The van der Waals surface area contributed by atoms with E-state index in [-0.39, 0.29) is 11.0 Å². The van der Waals surface area contributed by atoms with Crippen molar-refractivity contribution in [1.82, 2.24) is 10.3 Å². The first-order valence-electron chi connectivity index (χ1n) is 9.58. The largest absolute Gasteiger partial charge is 0.452 e. The fraction of sp³-hybridized carbons (Fsp3) is 0.381. The second kappa shape index (κ2) is 9.67. The number of rotatable bonds is 7. The SMILES string of the molecule is CO[C@@H]1O[C@@H](C)C[C@H](NNS(=O)(=O)c2ccc(C)cc2)[C@H]1OC(=O)c1ccccc1. The van der Waals surface area contributed by atoms with Crippen LogP contribution in [0.15, 0.2) is 59.5 Å². The van der Waals surface area contributed by atoms with Crippen molar-refractivity contribution >= 4 is 16.0 Å². The van der Waals surface area contributed by atoms with Crippen LogP contribution in [-0.4, -0.2) is 46.0 Å². The van der Waals surface area contributed by atoms with Gasteiger partial charge in [-0.15, -0.1) is 4.83 Å². The molecule has 0 unspecified atom stereocenters. The lowest BCUT2D eigenvalue weighted by atomic mass is 10.0. The van der Waals surface area contributed by atoms with Crippen molar-refractivity contribution in [3.63, 3.8) is 0 Å². The van der Waals surface area contributed by atoms with Crippen molar-refractivity contribution in [2.45, 2.75) is 49.7 Å². The normalized spacial score (nSPS) is 24.4. The van der Waals surface area contributed by atoms with Gasteiger partial charge in [0.2, 0.25) is 0 Å². The van der Waals surface area contributed by atoms with Crippen LogP contribution in [0.4, 0.5) is 0 Å². The van der Waals surface area contributed by atoms with Crippen molar-refractivity contribution in [3.05, 3.63) is 65.7 Å². The summed E-state index contributed by atoms with van der Waals surface area (Å²) in [6.45, 7) is 3.71. The molecule has 1 aliphatic heterocycles. The molecule has 30 heavy (non-hydrogen) atoms. The molecule has 0 amide bonds. The maximum atomic E-state index is 12.6. The highest BCUT2D eigenvalue weighted by Gasteiger charge is 2.41. The molecule has 162 valence electrons. The molecule has 0 radical (unpaired) electrons. The number of ether oxygens (including phenoxy) is 3. The molecule has 8 nitrogen and oxygen atoms in total. The van der Waals surface area contributed by atoms with Crippen LogP contribution < -0.4 is 10.3 Å². The molecule has 2 aromatic carbocycles. The summed E-state index contributed by atoms with van der Waals surface area (Å²) in [5.74, 6) is -0.547. The Morgan fingerprint density at radius 3 is 2.40 bits per heavy atom. The Hall–Kier alpha value is -2.30. The van der Waals surface area contributed by atoms with E-state index in [2.05, 4.69) is 10.3 Å². The van der Waals surface area contributed by atoms with E-state index in [4.69, 9.17) is 14.2 Å². The zero-order chi connectivity index (χ0) is 21.7. The first kappa shape index (κ1) is 22.4. The zero-order valence-electron chi connectivity index (χ0n) is 17.1. The highest BCUT2D eigenvalue weighted by molar-refractivity contribution is 7.89. The van der Waals surface area contributed by atoms with Gasteiger partial charge in [-0.25, -0.2) is 18.6 Å². The molecule has 0 aliphatic carbocycles. The second-order valence-corrected chi connectivity index (χ2v) is 8.87. The number of hydrogen-bond acceptors (Lipinski definition) is 7. The topological polar surface area (TPSA) is 103 Å². The zero-order valence-corrected chi connectivity index (χ0v) is 17.9. The highest BCUT2D eigenvalue weighted by Crippen LogP contribution is 2.24. The Labute approximate surface area is 176 Å². The minimum atomic E-state index is -3.81. The fourth-order valence-corrected chi connectivity index (χ4v) is 4.13. The van der Waals surface area contributed by atoms with Crippen molar-refractivity contribution in [1.29, 1.82) is 0 Å². The number of esters is 1. The maximum absolute atomic E-state index is 12.6. The predicted octanol–water partition coefficient (Wildman–Crippen LogP) is 2.15. The van der Waals surface area contributed by atoms with Gasteiger partial charge in [-0.3, -0.25) is 0 Å². The number of methoxy groups -OCH3 is 1. The smallest absolute Gasteiger partial charge is 0.338 e. The average Bonchev–Trinajstić information content (AvgIpc) is 2.74. The lowest BCUT2D eigenvalue weighted by Crippen LogP contribution is -2.59. The van der Waals surface area contributed by atoms with Crippen molar-refractivity contribution in [2.24, 2.45) is 0 Å². The summed E-state index contributed by atoms with van der Waals surface area (Å²) < 4.78 is 42.0. The Balaban J connectivity index is 1.75. The van der Waals surface area contributed by atoms with Gasteiger partial charge in [0.25, 0.3) is 10.0 Å². The molecule has 2 N–H and O–H groups in total. The minimum Gasteiger partial charge on any atom is -0.452 e. The van der Waals surface area contributed by atoms with E-state index < -0.39 is 34.4 Å². The summed E-state index contributed by atoms with van der Waals surface area (Å²) in [6, 6.07) is 14.5. The molecular weight excluding hydrogens is 408 g/mol. The van der Waals surface area contributed by atoms with Crippen molar-refractivity contribution in [3.8, 4) is 0 Å². The lowest BCUT2D eigenvalue weighted by molar-refractivity contribution is -0.233. The Bertz CT molecular complexity index is 949. The number of carbonyl (C=O) groups excluding carboxylic acids is 1. The minimum absolute atomic E-state index is 0.127. The highest BCUT2D eigenvalue weighted by atomic mass is 32.2. The number of sulfonamides is 1. The van der Waals surface area contributed by atoms with Crippen molar-refractivity contribution in [2.75, 3.05) is 7.11 Å². The number of nitrogens with one attached hydrogen (secondary N) is 2. The average molecular weight is 435 g/mol. The summed E-state index contributed by atoms with van der Waals surface area (Å²) >= 11 is 0.